The van der Waals surface area contributed by atoms with Crippen molar-refractivity contribution in [1.82, 2.24) is 5.32 Å². The van der Waals surface area contributed by atoms with Crippen LogP contribution in [0.2, 0.25) is 0 Å². The van der Waals surface area contributed by atoms with Crippen LogP contribution in [-0.4, -0.2) is 19.2 Å². The van der Waals surface area contributed by atoms with Gasteiger partial charge in [0.15, 0.2) is 0 Å². The summed E-state index contributed by atoms with van der Waals surface area (Å²) in [5, 5.41) is 3.58. The van der Waals surface area contributed by atoms with E-state index in [1.54, 1.807) is 7.11 Å². The van der Waals surface area contributed by atoms with Crippen LogP contribution in [0.5, 0.6) is 5.75 Å². The third-order valence-corrected chi connectivity index (χ3v) is 4.04. The highest BCUT2D eigenvalue weighted by Gasteiger charge is 2.38. The SMILES string of the molecule is COc1ccc(C2CC2CNC(C)(C)C)cc1Br. The van der Waals surface area contributed by atoms with Crippen LogP contribution in [0.15, 0.2) is 22.7 Å². The van der Waals surface area contributed by atoms with Crippen molar-refractivity contribution in [3.8, 4) is 5.75 Å². The summed E-state index contributed by atoms with van der Waals surface area (Å²) in [4.78, 5) is 0. The molecule has 0 saturated heterocycles. The van der Waals surface area contributed by atoms with Crippen molar-refractivity contribution in [3.05, 3.63) is 28.2 Å². The van der Waals surface area contributed by atoms with Gasteiger partial charge in [-0.05, 0) is 79.2 Å². The Morgan fingerprint density at radius 2 is 2.11 bits per heavy atom. The normalized spacial score (nSPS) is 22.9. The molecule has 2 nitrogen and oxygen atoms in total. The molecule has 3 heteroatoms. The molecule has 0 amide bonds. The maximum absolute atomic E-state index is 5.26. The maximum atomic E-state index is 5.26. The predicted molar refractivity (Wildman–Crippen MR) is 79.3 cm³/mol. The average molecular weight is 312 g/mol. The van der Waals surface area contributed by atoms with Gasteiger partial charge in [-0.3, -0.25) is 0 Å². The lowest BCUT2D eigenvalue weighted by Crippen LogP contribution is -2.37. The molecule has 18 heavy (non-hydrogen) atoms. The molecule has 0 bridgehead atoms. The Kier molecular flexibility index (Phi) is 4.02. The van der Waals surface area contributed by atoms with Gasteiger partial charge in [0, 0.05) is 5.54 Å². The third kappa shape index (κ3) is 3.48. The molecule has 1 N–H and O–H groups in total. The van der Waals surface area contributed by atoms with Gasteiger partial charge in [0.2, 0.25) is 0 Å². The molecular weight excluding hydrogens is 290 g/mol. The Morgan fingerprint density at radius 1 is 1.39 bits per heavy atom. The Labute approximate surface area is 118 Å². The zero-order chi connectivity index (χ0) is 13.3. The van der Waals surface area contributed by atoms with E-state index >= 15 is 0 Å². The first-order chi connectivity index (χ1) is 8.40. The van der Waals surface area contributed by atoms with Crippen LogP contribution in [0.1, 0.15) is 38.7 Å². The van der Waals surface area contributed by atoms with E-state index in [1.807, 2.05) is 6.07 Å². The molecule has 1 saturated carbocycles. The van der Waals surface area contributed by atoms with Crippen LogP contribution >= 0.6 is 15.9 Å². The molecule has 0 aromatic heterocycles. The highest BCUT2D eigenvalue weighted by atomic mass is 79.9. The highest BCUT2D eigenvalue weighted by molar-refractivity contribution is 9.10. The van der Waals surface area contributed by atoms with Crippen LogP contribution in [-0.2, 0) is 0 Å². The number of hydrogen-bond donors (Lipinski definition) is 1. The average Bonchev–Trinajstić information content (AvgIpc) is 3.04. The van der Waals surface area contributed by atoms with Gasteiger partial charge in [0.05, 0.1) is 11.6 Å². The standard InChI is InChI=1S/C15H22BrNO/c1-15(2,3)17-9-11-7-12(11)10-5-6-14(18-4)13(16)8-10/h5-6,8,11-12,17H,7,9H2,1-4H3. The minimum absolute atomic E-state index is 0.216. The zero-order valence-electron chi connectivity index (χ0n) is 11.6. The van der Waals surface area contributed by atoms with Crippen molar-refractivity contribution < 1.29 is 4.74 Å². The fourth-order valence-electron chi connectivity index (χ4n) is 2.23. The Balaban J connectivity index is 1.93. The van der Waals surface area contributed by atoms with Crippen LogP contribution < -0.4 is 10.1 Å². The summed E-state index contributed by atoms with van der Waals surface area (Å²) >= 11 is 3.55. The molecule has 2 rings (SSSR count). The minimum atomic E-state index is 0.216. The van der Waals surface area contributed by atoms with Crippen LogP contribution in [0.25, 0.3) is 0 Å². The van der Waals surface area contributed by atoms with Gasteiger partial charge in [0.25, 0.3) is 0 Å². The molecule has 0 heterocycles. The van der Waals surface area contributed by atoms with E-state index in [1.165, 1.54) is 12.0 Å². The van der Waals surface area contributed by atoms with E-state index in [-0.39, 0.29) is 5.54 Å². The molecule has 1 aliphatic carbocycles. The molecule has 1 fully saturated rings. The van der Waals surface area contributed by atoms with E-state index in [9.17, 15) is 0 Å². The summed E-state index contributed by atoms with van der Waals surface area (Å²) in [7, 11) is 1.70. The third-order valence-electron chi connectivity index (χ3n) is 3.42. The summed E-state index contributed by atoms with van der Waals surface area (Å²) in [6, 6.07) is 6.43. The number of hydrogen-bond acceptors (Lipinski definition) is 2. The van der Waals surface area contributed by atoms with E-state index in [2.05, 4.69) is 54.2 Å². The summed E-state index contributed by atoms with van der Waals surface area (Å²) in [6.45, 7) is 7.76. The monoisotopic (exact) mass is 311 g/mol. The summed E-state index contributed by atoms with van der Waals surface area (Å²) in [5.41, 5.74) is 1.64. The van der Waals surface area contributed by atoms with E-state index in [4.69, 9.17) is 4.74 Å². The van der Waals surface area contributed by atoms with Crippen molar-refractivity contribution in [1.29, 1.82) is 0 Å². The van der Waals surface area contributed by atoms with Gasteiger partial charge in [0.1, 0.15) is 5.75 Å². The lowest BCUT2D eigenvalue weighted by molar-refractivity contribution is 0.411. The van der Waals surface area contributed by atoms with Gasteiger partial charge in [-0.1, -0.05) is 6.07 Å². The van der Waals surface area contributed by atoms with Crippen molar-refractivity contribution >= 4 is 15.9 Å². The number of rotatable bonds is 4. The lowest BCUT2D eigenvalue weighted by atomic mass is 10.1. The van der Waals surface area contributed by atoms with Crippen molar-refractivity contribution in [2.45, 2.75) is 38.6 Å². The largest absolute Gasteiger partial charge is 0.496 e. The van der Waals surface area contributed by atoms with Gasteiger partial charge in [-0.15, -0.1) is 0 Å². The number of halogens is 1. The van der Waals surface area contributed by atoms with Crippen LogP contribution in [0.3, 0.4) is 0 Å². The van der Waals surface area contributed by atoms with Crippen molar-refractivity contribution in [3.63, 3.8) is 0 Å². The predicted octanol–water partition coefficient (Wildman–Crippen LogP) is 3.95. The molecule has 100 valence electrons. The fraction of sp³-hybridized carbons (Fsp3) is 0.600. The minimum Gasteiger partial charge on any atom is -0.496 e. The van der Waals surface area contributed by atoms with Crippen LogP contribution in [0.4, 0.5) is 0 Å². The summed E-state index contributed by atoms with van der Waals surface area (Å²) < 4.78 is 6.31. The number of benzene rings is 1. The Hall–Kier alpha value is -0.540. The second-order valence-corrected chi connectivity index (χ2v) is 6.98. The Morgan fingerprint density at radius 3 is 2.67 bits per heavy atom. The quantitative estimate of drug-likeness (QED) is 0.909. The molecule has 0 radical (unpaired) electrons. The zero-order valence-corrected chi connectivity index (χ0v) is 13.2. The van der Waals surface area contributed by atoms with E-state index in [0.717, 1.165) is 22.7 Å². The number of ether oxygens (including phenoxy) is 1. The molecule has 2 atom stereocenters. The number of nitrogens with one attached hydrogen (secondary N) is 1. The van der Waals surface area contributed by atoms with E-state index < -0.39 is 0 Å². The topological polar surface area (TPSA) is 21.3 Å². The first kappa shape index (κ1) is 13.9. The highest BCUT2D eigenvalue weighted by Crippen LogP contribution is 2.48. The first-order valence-electron chi connectivity index (χ1n) is 6.49. The molecular formula is C15H22BrNO. The summed E-state index contributed by atoms with van der Waals surface area (Å²) in [5.74, 6) is 2.40. The van der Waals surface area contributed by atoms with Gasteiger partial charge >= 0.3 is 0 Å². The van der Waals surface area contributed by atoms with Crippen LogP contribution in [0, 0.1) is 5.92 Å². The molecule has 1 aliphatic rings. The van der Waals surface area contributed by atoms with Crippen molar-refractivity contribution in [2.75, 3.05) is 13.7 Å². The fourth-order valence-corrected chi connectivity index (χ4v) is 2.79. The smallest absolute Gasteiger partial charge is 0.133 e. The van der Waals surface area contributed by atoms with E-state index in [0.29, 0.717) is 5.92 Å². The molecule has 2 unspecified atom stereocenters. The molecule has 1 aromatic rings. The second kappa shape index (κ2) is 5.22. The molecule has 0 spiro atoms. The Bertz CT molecular complexity index is 425. The maximum Gasteiger partial charge on any atom is 0.133 e. The molecule has 1 aromatic carbocycles. The van der Waals surface area contributed by atoms with Gasteiger partial charge in [-0.25, -0.2) is 0 Å². The van der Waals surface area contributed by atoms with Gasteiger partial charge in [-0.2, -0.15) is 0 Å². The second-order valence-electron chi connectivity index (χ2n) is 6.13. The van der Waals surface area contributed by atoms with Crippen molar-refractivity contribution in [2.24, 2.45) is 5.92 Å². The molecule has 0 aliphatic heterocycles. The lowest BCUT2D eigenvalue weighted by Gasteiger charge is -2.20. The summed E-state index contributed by atoms with van der Waals surface area (Å²) in [6.07, 6.45) is 1.29. The number of methoxy groups -OCH3 is 1. The van der Waals surface area contributed by atoms with Gasteiger partial charge < -0.3 is 10.1 Å². The first-order valence-corrected chi connectivity index (χ1v) is 7.28.